The molecule has 6 heteroatoms. The highest BCUT2D eigenvalue weighted by Gasteiger charge is 2.35. The molecule has 0 bridgehead atoms. The molecule has 0 aliphatic carbocycles. The van der Waals surface area contributed by atoms with Crippen molar-refractivity contribution in [1.82, 2.24) is 0 Å². The van der Waals surface area contributed by atoms with Crippen LogP contribution in [0.4, 0.5) is 14.5 Å². The number of imide groups is 1. The maximum absolute atomic E-state index is 13.2. The van der Waals surface area contributed by atoms with E-state index < -0.39 is 23.4 Å². The molecule has 2 aromatic carbocycles. The summed E-state index contributed by atoms with van der Waals surface area (Å²) in [5, 5.41) is 0.396. The van der Waals surface area contributed by atoms with Gasteiger partial charge in [-0.25, -0.2) is 13.7 Å². The van der Waals surface area contributed by atoms with E-state index in [2.05, 4.69) is 0 Å². The Morgan fingerprint density at radius 3 is 2.39 bits per heavy atom. The molecule has 0 atom stereocenters. The molecule has 23 heavy (non-hydrogen) atoms. The monoisotopic (exact) mass is 333 g/mol. The Balaban J connectivity index is 1.96. The Hall–Kier alpha value is -2.53. The molecular weight excluding hydrogens is 324 g/mol. The van der Waals surface area contributed by atoms with Gasteiger partial charge in [0.25, 0.3) is 5.91 Å². The van der Waals surface area contributed by atoms with Gasteiger partial charge < -0.3 is 0 Å². The molecule has 0 saturated carbocycles. The van der Waals surface area contributed by atoms with Crippen LogP contribution in [0.5, 0.6) is 0 Å². The number of halogens is 3. The van der Waals surface area contributed by atoms with Crippen LogP contribution in [0.25, 0.3) is 6.08 Å². The van der Waals surface area contributed by atoms with Crippen LogP contribution in [0.2, 0.25) is 5.02 Å². The lowest BCUT2D eigenvalue weighted by Crippen LogP contribution is -2.28. The molecule has 1 fully saturated rings. The fraction of sp³-hybridized carbons (Fsp3) is 0.0588. The van der Waals surface area contributed by atoms with E-state index in [0.717, 1.165) is 23.1 Å². The summed E-state index contributed by atoms with van der Waals surface area (Å²) in [4.78, 5) is 25.5. The van der Waals surface area contributed by atoms with E-state index in [-0.39, 0.29) is 17.6 Å². The molecule has 116 valence electrons. The zero-order valence-electron chi connectivity index (χ0n) is 11.7. The number of rotatable bonds is 2. The summed E-state index contributed by atoms with van der Waals surface area (Å²) in [6.07, 6.45) is 1.18. The number of hydrogen-bond acceptors (Lipinski definition) is 2. The normalized spacial score (nSPS) is 16.5. The summed E-state index contributed by atoms with van der Waals surface area (Å²) in [6.45, 7) is 0. The van der Waals surface area contributed by atoms with Gasteiger partial charge in [-0.1, -0.05) is 17.7 Å². The van der Waals surface area contributed by atoms with Crippen LogP contribution < -0.4 is 4.90 Å². The average molecular weight is 334 g/mol. The van der Waals surface area contributed by atoms with E-state index in [9.17, 15) is 18.4 Å². The summed E-state index contributed by atoms with van der Waals surface area (Å²) in [5.41, 5.74) is 0.716. The minimum absolute atomic E-state index is 0.135. The van der Waals surface area contributed by atoms with Crippen molar-refractivity contribution in [2.24, 2.45) is 0 Å². The smallest absolute Gasteiger partial charge is 0.261 e. The predicted molar refractivity (Wildman–Crippen MR) is 82.9 cm³/mol. The summed E-state index contributed by atoms with van der Waals surface area (Å²) in [5.74, 6) is -2.44. The molecule has 3 rings (SSSR count). The Bertz CT molecular complexity index is 828. The maximum Gasteiger partial charge on any atom is 0.261 e. The summed E-state index contributed by atoms with van der Waals surface area (Å²) < 4.78 is 26.4. The molecule has 1 heterocycles. The van der Waals surface area contributed by atoms with Crippen LogP contribution >= 0.6 is 11.6 Å². The predicted octanol–water partition coefficient (Wildman–Crippen LogP) is 3.97. The molecule has 3 nitrogen and oxygen atoms in total. The standard InChI is InChI=1S/C17H10ClF2NO2/c18-12-2-1-3-15(8-12)21-16(22)7-11(17(21)23)4-10-5-13(19)9-14(20)6-10/h1-6,8-9H,7H2/b11-4+. The number of carbonyl (C=O) groups excluding carboxylic acids is 2. The lowest BCUT2D eigenvalue weighted by Gasteiger charge is -2.13. The summed E-state index contributed by atoms with van der Waals surface area (Å²) in [6, 6.07) is 9.27. The van der Waals surface area contributed by atoms with Crippen LogP contribution in [-0.4, -0.2) is 11.8 Å². The number of nitrogens with zero attached hydrogens (tertiary/aromatic N) is 1. The SMILES string of the molecule is O=C1C/C(=C\c2cc(F)cc(F)c2)C(=O)N1c1cccc(Cl)c1. The quantitative estimate of drug-likeness (QED) is 0.616. The molecular formula is C17H10ClF2NO2. The van der Waals surface area contributed by atoms with Crippen molar-refractivity contribution in [3.8, 4) is 0 Å². The first-order chi connectivity index (χ1) is 10.9. The molecule has 2 aromatic rings. The molecule has 1 aliphatic rings. The first kappa shape index (κ1) is 15.4. The second kappa shape index (κ2) is 5.93. The van der Waals surface area contributed by atoms with E-state index >= 15 is 0 Å². The van der Waals surface area contributed by atoms with Crippen molar-refractivity contribution in [1.29, 1.82) is 0 Å². The number of carbonyl (C=O) groups is 2. The lowest BCUT2D eigenvalue weighted by molar-refractivity contribution is -0.120. The highest BCUT2D eigenvalue weighted by Crippen LogP contribution is 2.29. The van der Waals surface area contributed by atoms with Gasteiger partial charge in [-0.2, -0.15) is 0 Å². The zero-order valence-corrected chi connectivity index (χ0v) is 12.5. The highest BCUT2D eigenvalue weighted by atomic mass is 35.5. The molecule has 0 radical (unpaired) electrons. The molecule has 0 aromatic heterocycles. The first-order valence-corrected chi connectivity index (χ1v) is 7.11. The lowest BCUT2D eigenvalue weighted by atomic mass is 10.1. The van der Waals surface area contributed by atoms with E-state index in [1.165, 1.54) is 12.1 Å². The third-order valence-electron chi connectivity index (χ3n) is 3.36. The minimum Gasteiger partial charge on any atom is -0.274 e. The molecule has 1 aliphatic heterocycles. The highest BCUT2D eigenvalue weighted by molar-refractivity contribution is 6.32. The molecule has 0 unspecified atom stereocenters. The first-order valence-electron chi connectivity index (χ1n) is 6.73. The van der Waals surface area contributed by atoms with Gasteiger partial charge in [0.1, 0.15) is 11.6 Å². The Kier molecular flexibility index (Phi) is 3.96. The third-order valence-corrected chi connectivity index (χ3v) is 3.60. The van der Waals surface area contributed by atoms with Gasteiger partial charge in [-0.15, -0.1) is 0 Å². The Morgan fingerprint density at radius 1 is 1.04 bits per heavy atom. The van der Waals surface area contributed by atoms with Crippen molar-refractivity contribution < 1.29 is 18.4 Å². The third kappa shape index (κ3) is 3.14. The second-order valence-electron chi connectivity index (χ2n) is 5.06. The largest absolute Gasteiger partial charge is 0.274 e. The van der Waals surface area contributed by atoms with Gasteiger partial charge in [0.15, 0.2) is 0 Å². The Labute approximate surface area is 135 Å². The van der Waals surface area contributed by atoms with E-state index in [4.69, 9.17) is 11.6 Å². The van der Waals surface area contributed by atoms with Gasteiger partial charge >= 0.3 is 0 Å². The minimum atomic E-state index is -0.750. The van der Waals surface area contributed by atoms with Gasteiger partial charge in [0.05, 0.1) is 12.1 Å². The fourth-order valence-corrected chi connectivity index (χ4v) is 2.61. The zero-order chi connectivity index (χ0) is 16.6. The van der Waals surface area contributed by atoms with Crippen LogP contribution in [-0.2, 0) is 9.59 Å². The molecule has 0 N–H and O–H groups in total. The van der Waals surface area contributed by atoms with Gasteiger partial charge in [-0.05, 0) is 42.0 Å². The van der Waals surface area contributed by atoms with Crippen molar-refractivity contribution in [2.45, 2.75) is 6.42 Å². The van der Waals surface area contributed by atoms with E-state index in [1.807, 2.05) is 0 Å². The topological polar surface area (TPSA) is 37.4 Å². The number of anilines is 1. The summed E-state index contributed by atoms with van der Waals surface area (Å²) in [7, 11) is 0. The Morgan fingerprint density at radius 2 is 1.74 bits per heavy atom. The van der Waals surface area contributed by atoms with E-state index in [0.29, 0.717) is 10.7 Å². The molecule has 1 saturated heterocycles. The van der Waals surface area contributed by atoms with Gasteiger partial charge in [0.2, 0.25) is 5.91 Å². The van der Waals surface area contributed by atoms with Crippen molar-refractivity contribution >= 4 is 35.2 Å². The van der Waals surface area contributed by atoms with Crippen molar-refractivity contribution in [3.05, 3.63) is 70.3 Å². The van der Waals surface area contributed by atoms with Crippen molar-refractivity contribution in [2.75, 3.05) is 4.90 Å². The van der Waals surface area contributed by atoms with Crippen LogP contribution in [0.15, 0.2) is 48.0 Å². The van der Waals surface area contributed by atoms with E-state index in [1.54, 1.807) is 18.2 Å². The van der Waals surface area contributed by atoms with Crippen molar-refractivity contribution in [3.63, 3.8) is 0 Å². The van der Waals surface area contributed by atoms with Crippen LogP contribution in [0.1, 0.15) is 12.0 Å². The number of hydrogen-bond donors (Lipinski definition) is 0. The molecule has 2 amide bonds. The second-order valence-corrected chi connectivity index (χ2v) is 5.50. The average Bonchev–Trinajstić information content (AvgIpc) is 2.72. The summed E-state index contributed by atoms with van der Waals surface area (Å²) >= 11 is 5.87. The van der Waals surface area contributed by atoms with Gasteiger partial charge in [0, 0.05) is 16.7 Å². The fourth-order valence-electron chi connectivity index (χ4n) is 2.42. The molecule has 0 spiro atoms. The van der Waals surface area contributed by atoms with Crippen LogP contribution in [0.3, 0.4) is 0 Å². The van der Waals surface area contributed by atoms with Gasteiger partial charge in [-0.3, -0.25) is 9.59 Å². The number of amides is 2. The number of benzene rings is 2. The maximum atomic E-state index is 13.2. The van der Waals surface area contributed by atoms with Crippen LogP contribution in [0, 0.1) is 11.6 Å².